The van der Waals surface area contributed by atoms with Crippen molar-refractivity contribution in [2.24, 2.45) is 0 Å². The fourth-order valence-corrected chi connectivity index (χ4v) is 1.81. The van der Waals surface area contributed by atoms with Gasteiger partial charge in [-0.25, -0.2) is 8.78 Å². The van der Waals surface area contributed by atoms with Crippen molar-refractivity contribution in [2.75, 3.05) is 0 Å². The minimum atomic E-state index is -0.898. The summed E-state index contributed by atoms with van der Waals surface area (Å²) in [7, 11) is 0. The molecule has 0 bridgehead atoms. The molecule has 0 spiro atoms. The van der Waals surface area contributed by atoms with E-state index in [1.165, 1.54) is 12.3 Å². The van der Waals surface area contributed by atoms with Gasteiger partial charge in [-0.2, -0.15) is 0 Å². The predicted molar refractivity (Wildman–Crippen MR) is 61.2 cm³/mol. The van der Waals surface area contributed by atoms with Crippen LogP contribution in [0.15, 0.2) is 33.4 Å². The van der Waals surface area contributed by atoms with E-state index in [9.17, 15) is 13.6 Å². The molecular formula is C11H4BrClF2O2. The van der Waals surface area contributed by atoms with Gasteiger partial charge in [-0.3, -0.25) is 4.79 Å². The number of rotatable bonds is 2. The number of benzene rings is 1. The van der Waals surface area contributed by atoms with Crippen molar-refractivity contribution in [1.29, 1.82) is 0 Å². The molecule has 6 heteroatoms. The molecule has 1 heterocycles. The van der Waals surface area contributed by atoms with Gasteiger partial charge in [0.1, 0.15) is 11.6 Å². The lowest BCUT2D eigenvalue weighted by Gasteiger charge is -2.02. The summed E-state index contributed by atoms with van der Waals surface area (Å²) in [6.45, 7) is 0. The Balaban J connectivity index is 2.52. The van der Waals surface area contributed by atoms with E-state index in [4.69, 9.17) is 16.0 Å². The SMILES string of the molecule is O=C(c1cc(F)c(Cl)cc1F)c1occc1Br. The molecule has 1 aromatic heterocycles. The first-order chi connectivity index (χ1) is 8.00. The third-order valence-corrected chi connectivity index (χ3v) is 2.99. The maximum absolute atomic E-state index is 13.5. The van der Waals surface area contributed by atoms with Crippen LogP contribution in [-0.4, -0.2) is 5.78 Å². The summed E-state index contributed by atoms with van der Waals surface area (Å²) in [5.74, 6) is -2.61. The Morgan fingerprint density at radius 2 is 2.00 bits per heavy atom. The van der Waals surface area contributed by atoms with E-state index in [2.05, 4.69) is 15.9 Å². The Hall–Kier alpha value is -1.20. The van der Waals surface area contributed by atoms with E-state index in [-0.39, 0.29) is 10.8 Å². The minimum absolute atomic E-state index is 0.0920. The van der Waals surface area contributed by atoms with Crippen molar-refractivity contribution in [3.05, 3.63) is 56.9 Å². The summed E-state index contributed by atoms with van der Waals surface area (Å²) < 4.78 is 31.9. The Morgan fingerprint density at radius 1 is 1.29 bits per heavy atom. The molecule has 0 saturated heterocycles. The van der Waals surface area contributed by atoms with Crippen LogP contribution < -0.4 is 0 Å². The lowest BCUT2D eigenvalue weighted by Crippen LogP contribution is -2.04. The van der Waals surface area contributed by atoms with Crippen LogP contribution >= 0.6 is 27.5 Å². The Morgan fingerprint density at radius 3 is 2.59 bits per heavy atom. The van der Waals surface area contributed by atoms with E-state index in [1.54, 1.807) is 0 Å². The van der Waals surface area contributed by atoms with Crippen LogP contribution in [0.25, 0.3) is 0 Å². The molecule has 0 aliphatic heterocycles. The van der Waals surface area contributed by atoms with Crippen LogP contribution in [0.2, 0.25) is 5.02 Å². The van der Waals surface area contributed by atoms with Gasteiger partial charge in [0.05, 0.1) is 21.3 Å². The fourth-order valence-electron chi connectivity index (χ4n) is 1.27. The number of hydrogen-bond acceptors (Lipinski definition) is 2. The zero-order valence-corrected chi connectivity index (χ0v) is 10.5. The topological polar surface area (TPSA) is 30.2 Å². The average molecular weight is 322 g/mol. The second-order valence-corrected chi connectivity index (χ2v) is 4.43. The van der Waals surface area contributed by atoms with Gasteiger partial charge in [0, 0.05) is 0 Å². The monoisotopic (exact) mass is 320 g/mol. The smallest absolute Gasteiger partial charge is 0.232 e. The summed E-state index contributed by atoms with van der Waals surface area (Å²) in [6.07, 6.45) is 1.27. The molecule has 2 aromatic rings. The third kappa shape index (κ3) is 2.25. The molecule has 0 saturated carbocycles. The first kappa shape index (κ1) is 12.3. The number of hydrogen-bond donors (Lipinski definition) is 0. The molecule has 0 aliphatic rings. The Bertz CT molecular complexity index is 595. The molecule has 88 valence electrons. The van der Waals surface area contributed by atoms with Gasteiger partial charge in [-0.15, -0.1) is 0 Å². The fraction of sp³-hybridized carbons (Fsp3) is 0. The van der Waals surface area contributed by atoms with Gasteiger partial charge in [-0.05, 0) is 34.1 Å². The number of furan rings is 1. The van der Waals surface area contributed by atoms with Crippen molar-refractivity contribution in [1.82, 2.24) is 0 Å². The number of halogens is 4. The van der Waals surface area contributed by atoms with Gasteiger partial charge in [0.2, 0.25) is 5.78 Å². The first-order valence-corrected chi connectivity index (χ1v) is 5.60. The molecule has 0 atom stereocenters. The molecule has 1 aromatic carbocycles. The highest BCUT2D eigenvalue weighted by Crippen LogP contribution is 2.25. The second-order valence-electron chi connectivity index (χ2n) is 3.17. The normalized spacial score (nSPS) is 10.6. The van der Waals surface area contributed by atoms with Crippen molar-refractivity contribution in [2.45, 2.75) is 0 Å². The van der Waals surface area contributed by atoms with E-state index < -0.39 is 23.0 Å². The summed E-state index contributed by atoms with van der Waals surface area (Å²) >= 11 is 8.45. The largest absolute Gasteiger partial charge is 0.460 e. The minimum Gasteiger partial charge on any atom is -0.460 e. The van der Waals surface area contributed by atoms with Crippen molar-refractivity contribution in [3.8, 4) is 0 Å². The Labute approximate surface area is 108 Å². The molecule has 0 fully saturated rings. The van der Waals surface area contributed by atoms with Crippen LogP contribution in [0.4, 0.5) is 8.78 Å². The zero-order chi connectivity index (χ0) is 12.6. The first-order valence-electron chi connectivity index (χ1n) is 4.43. The number of carbonyl (C=O) groups is 1. The highest BCUT2D eigenvalue weighted by atomic mass is 79.9. The molecule has 0 aliphatic carbocycles. The summed E-state index contributed by atoms with van der Waals surface area (Å²) in [5, 5.41) is -0.377. The molecule has 2 rings (SSSR count). The lowest BCUT2D eigenvalue weighted by atomic mass is 10.1. The predicted octanol–water partition coefficient (Wildman–Crippen LogP) is 4.20. The van der Waals surface area contributed by atoms with Gasteiger partial charge >= 0.3 is 0 Å². The summed E-state index contributed by atoms with van der Waals surface area (Å²) in [6, 6.07) is 2.98. The highest BCUT2D eigenvalue weighted by molar-refractivity contribution is 9.10. The van der Waals surface area contributed by atoms with Crippen molar-refractivity contribution in [3.63, 3.8) is 0 Å². The van der Waals surface area contributed by atoms with E-state index >= 15 is 0 Å². The summed E-state index contributed by atoms with van der Waals surface area (Å²) in [4.78, 5) is 11.8. The maximum atomic E-state index is 13.5. The van der Waals surface area contributed by atoms with Crippen LogP contribution in [0.1, 0.15) is 16.1 Å². The van der Waals surface area contributed by atoms with Crippen LogP contribution in [0.3, 0.4) is 0 Å². The number of ketones is 1. The van der Waals surface area contributed by atoms with Crippen molar-refractivity contribution >= 4 is 33.3 Å². The van der Waals surface area contributed by atoms with Crippen molar-refractivity contribution < 1.29 is 18.0 Å². The molecule has 0 radical (unpaired) electrons. The molecular weight excluding hydrogens is 317 g/mol. The van der Waals surface area contributed by atoms with Crippen LogP contribution in [0.5, 0.6) is 0 Å². The summed E-state index contributed by atoms with van der Waals surface area (Å²) in [5.41, 5.74) is -0.428. The van der Waals surface area contributed by atoms with E-state index in [0.717, 1.165) is 12.1 Å². The van der Waals surface area contributed by atoms with Gasteiger partial charge < -0.3 is 4.42 Å². The average Bonchev–Trinajstić information content (AvgIpc) is 2.69. The molecule has 2 nitrogen and oxygen atoms in total. The van der Waals surface area contributed by atoms with E-state index in [0.29, 0.717) is 4.47 Å². The molecule has 17 heavy (non-hydrogen) atoms. The van der Waals surface area contributed by atoms with E-state index in [1.807, 2.05) is 0 Å². The lowest BCUT2D eigenvalue weighted by molar-refractivity contribution is 0.100. The third-order valence-electron chi connectivity index (χ3n) is 2.08. The molecule has 0 unspecified atom stereocenters. The standard InChI is InChI=1S/C11H4BrClF2O2/c12-6-1-2-17-11(6)10(16)5-3-9(15)7(13)4-8(5)14/h1-4H. The van der Waals surface area contributed by atoms with Crippen LogP contribution in [-0.2, 0) is 0 Å². The second kappa shape index (κ2) is 4.58. The Kier molecular flexibility index (Phi) is 3.31. The molecule has 0 amide bonds. The van der Waals surface area contributed by atoms with Crippen LogP contribution in [0, 0.1) is 11.6 Å². The van der Waals surface area contributed by atoms with Gasteiger partial charge in [-0.1, -0.05) is 11.6 Å². The maximum Gasteiger partial charge on any atom is 0.232 e. The van der Waals surface area contributed by atoms with Gasteiger partial charge in [0.25, 0.3) is 0 Å². The zero-order valence-electron chi connectivity index (χ0n) is 8.14. The number of carbonyl (C=O) groups excluding carboxylic acids is 1. The highest BCUT2D eigenvalue weighted by Gasteiger charge is 2.21. The molecule has 0 N–H and O–H groups in total. The van der Waals surface area contributed by atoms with Gasteiger partial charge in [0.15, 0.2) is 5.76 Å². The quantitative estimate of drug-likeness (QED) is 0.613.